The van der Waals surface area contributed by atoms with Crippen molar-refractivity contribution < 1.29 is 14.0 Å². The van der Waals surface area contributed by atoms with Crippen molar-refractivity contribution in [3.8, 4) is 0 Å². The molecule has 0 bridgehead atoms. The number of nitrogens with two attached hydrogens (primary N) is 1. The van der Waals surface area contributed by atoms with Gasteiger partial charge in [-0.25, -0.2) is 9.18 Å². The highest BCUT2D eigenvalue weighted by atomic mass is 19.1. The van der Waals surface area contributed by atoms with Crippen LogP contribution >= 0.6 is 0 Å². The van der Waals surface area contributed by atoms with Crippen LogP contribution in [0.5, 0.6) is 0 Å². The molecule has 2 rings (SSSR count). The fraction of sp³-hybridized carbons (Fsp3) is 0.188. The molecule has 0 aliphatic rings. The fourth-order valence-electron chi connectivity index (χ4n) is 2.12. The van der Waals surface area contributed by atoms with Gasteiger partial charge in [0, 0.05) is 11.8 Å². The second-order valence-electron chi connectivity index (χ2n) is 4.88. The molecular weight excluding hydrogens is 299 g/mol. The standard InChI is InChI=1S/C16H17FN4O2/c17-13-7-2-1-6-12(13)14(21-16(18)23)9-15(22)20-10-11-5-3-4-8-19-11/h1-8,14H,9-10H2,(H,20,22)(H3,18,21,23). The number of hydrogen-bond acceptors (Lipinski definition) is 3. The summed E-state index contributed by atoms with van der Waals surface area (Å²) in [6.07, 6.45) is 1.50. The quantitative estimate of drug-likeness (QED) is 0.755. The van der Waals surface area contributed by atoms with Gasteiger partial charge in [-0.1, -0.05) is 24.3 Å². The van der Waals surface area contributed by atoms with Crippen LogP contribution in [0.2, 0.25) is 0 Å². The van der Waals surface area contributed by atoms with Crippen molar-refractivity contribution in [1.82, 2.24) is 15.6 Å². The monoisotopic (exact) mass is 316 g/mol. The molecule has 2 aromatic rings. The minimum atomic E-state index is -0.836. The first kappa shape index (κ1) is 16.4. The van der Waals surface area contributed by atoms with Crippen LogP contribution in [-0.2, 0) is 11.3 Å². The normalized spacial score (nSPS) is 11.5. The molecule has 0 aliphatic carbocycles. The molecule has 0 radical (unpaired) electrons. The van der Waals surface area contributed by atoms with Gasteiger partial charge in [-0.15, -0.1) is 0 Å². The third-order valence-corrected chi connectivity index (χ3v) is 3.18. The summed E-state index contributed by atoms with van der Waals surface area (Å²) in [5.41, 5.74) is 6.02. The smallest absolute Gasteiger partial charge is 0.312 e. The lowest BCUT2D eigenvalue weighted by Gasteiger charge is -2.18. The van der Waals surface area contributed by atoms with Gasteiger partial charge in [0.2, 0.25) is 5.91 Å². The summed E-state index contributed by atoms with van der Waals surface area (Å²) in [5.74, 6) is -0.860. The van der Waals surface area contributed by atoms with E-state index in [1.807, 2.05) is 6.07 Å². The van der Waals surface area contributed by atoms with Crippen molar-refractivity contribution in [1.29, 1.82) is 0 Å². The number of nitrogens with zero attached hydrogens (tertiary/aromatic N) is 1. The molecule has 1 aromatic carbocycles. The Morgan fingerprint density at radius 3 is 2.57 bits per heavy atom. The lowest BCUT2D eigenvalue weighted by atomic mass is 10.0. The zero-order valence-electron chi connectivity index (χ0n) is 12.3. The second kappa shape index (κ2) is 7.88. The summed E-state index contributed by atoms with van der Waals surface area (Å²) in [7, 11) is 0. The Hall–Kier alpha value is -2.96. The molecule has 0 spiro atoms. The first-order valence-corrected chi connectivity index (χ1v) is 7.03. The number of amides is 3. The molecule has 1 heterocycles. The van der Waals surface area contributed by atoms with E-state index < -0.39 is 17.9 Å². The molecular formula is C16H17FN4O2. The number of carbonyl (C=O) groups excluding carboxylic acids is 2. The van der Waals surface area contributed by atoms with Gasteiger partial charge >= 0.3 is 6.03 Å². The van der Waals surface area contributed by atoms with Crippen LogP contribution in [-0.4, -0.2) is 16.9 Å². The third kappa shape index (κ3) is 5.06. The minimum Gasteiger partial charge on any atom is -0.352 e. The molecule has 0 saturated heterocycles. The number of rotatable bonds is 6. The van der Waals surface area contributed by atoms with Crippen molar-refractivity contribution in [3.63, 3.8) is 0 Å². The van der Waals surface area contributed by atoms with Crippen molar-refractivity contribution in [2.75, 3.05) is 0 Å². The van der Waals surface area contributed by atoms with Crippen molar-refractivity contribution in [3.05, 3.63) is 65.7 Å². The molecule has 3 amide bonds. The summed E-state index contributed by atoms with van der Waals surface area (Å²) < 4.78 is 13.9. The largest absolute Gasteiger partial charge is 0.352 e. The topological polar surface area (TPSA) is 97.1 Å². The number of primary amides is 1. The molecule has 1 atom stereocenters. The summed E-state index contributed by atoms with van der Waals surface area (Å²) >= 11 is 0. The van der Waals surface area contributed by atoms with Crippen LogP contribution in [0.3, 0.4) is 0 Å². The highest BCUT2D eigenvalue weighted by Gasteiger charge is 2.20. The predicted molar refractivity (Wildman–Crippen MR) is 82.6 cm³/mol. The van der Waals surface area contributed by atoms with Gasteiger partial charge in [0.05, 0.1) is 24.7 Å². The van der Waals surface area contributed by atoms with E-state index in [9.17, 15) is 14.0 Å². The zero-order valence-corrected chi connectivity index (χ0v) is 12.3. The van der Waals surface area contributed by atoms with Crippen LogP contribution in [0.1, 0.15) is 23.7 Å². The van der Waals surface area contributed by atoms with E-state index in [1.165, 1.54) is 18.2 Å². The number of urea groups is 1. The lowest BCUT2D eigenvalue weighted by Crippen LogP contribution is -2.37. The number of hydrogen-bond donors (Lipinski definition) is 3. The number of benzene rings is 1. The lowest BCUT2D eigenvalue weighted by molar-refractivity contribution is -0.121. The average molecular weight is 316 g/mol. The van der Waals surface area contributed by atoms with Gasteiger partial charge in [-0.3, -0.25) is 9.78 Å². The molecule has 0 saturated carbocycles. The summed E-state index contributed by atoms with van der Waals surface area (Å²) in [6, 6.07) is 9.62. The van der Waals surface area contributed by atoms with Gasteiger partial charge in [0.15, 0.2) is 0 Å². The molecule has 0 aliphatic heterocycles. The number of aromatic nitrogens is 1. The Balaban J connectivity index is 2.01. The summed E-state index contributed by atoms with van der Waals surface area (Å²) in [5, 5.41) is 5.06. The molecule has 1 aromatic heterocycles. The zero-order chi connectivity index (χ0) is 16.7. The first-order chi connectivity index (χ1) is 11.1. The highest BCUT2D eigenvalue weighted by Crippen LogP contribution is 2.20. The van der Waals surface area contributed by atoms with E-state index in [4.69, 9.17) is 5.73 Å². The summed E-state index contributed by atoms with van der Waals surface area (Å²) in [4.78, 5) is 27.2. The number of nitrogens with one attached hydrogen (secondary N) is 2. The predicted octanol–water partition coefficient (Wildman–Crippen LogP) is 1.64. The van der Waals surface area contributed by atoms with Crippen molar-refractivity contribution >= 4 is 11.9 Å². The Kier molecular flexibility index (Phi) is 5.62. The van der Waals surface area contributed by atoms with Crippen molar-refractivity contribution in [2.24, 2.45) is 5.73 Å². The SMILES string of the molecule is NC(=O)NC(CC(=O)NCc1ccccn1)c1ccccc1F. The van der Waals surface area contributed by atoms with Gasteiger partial charge < -0.3 is 16.4 Å². The third-order valence-electron chi connectivity index (χ3n) is 3.18. The average Bonchev–Trinajstić information content (AvgIpc) is 2.53. The molecule has 4 N–H and O–H groups in total. The Labute approximate surface area is 132 Å². The maximum absolute atomic E-state index is 13.9. The highest BCUT2D eigenvalue weighted by molar-refractivity contribution is 5.78. The Morgan fingerprint density at radius 2 is 1.91 bits per heavy atom. The van der Waals surface area contributed by atoms with Crippen LogP contribution in [0, 0.1) is 5.82 Å². The van der Waals surface area contributed by atoms with Crippen LogP contribution in [0.25, 0.3) is 0 Å². The van der Waals surface area contributed by atoms with E-state index in [2.05, 4.69) is 15.6 Å². The molecule has 7 heteroatoms. The van der Waals surface area contributed by atoms with E-state index in [-0.39, 0.29) is 24.4 Å². The number of halogens is 1. The maximum Gasteiger partial charge on any atom is 0.312 e. The second-order valence-corrected chi connectivity index (χ2v) is 4.88. The molecule has 6 nitrogen and oxygen atoms in total. The molecule has 0 fully saturated rings. The van der Waals surface area contributed by atoms with Gasteiger partial charge in [0.25, 0.3) is 0 Å². The molecule has 120 valence electrons. The summed E-state index contributed by atoms with van der Waals surface area (Å²) in [6.45, 7) is 0.250. The van der Waals surface area contributed by atoms with Crippen LogP contribution in [0.4, 0.5) is 9.18 Å². The van der Waals surface area contributed by atoms with Crippen LogP contribution in [0.15, 0.2) is 48.7 Å². The Morgan fingerprint density at radius 1 is 1.17 bits per heavy atom. The number of pyridine rings is 1. The minimum absolute atomic E-state index is 0.128. The molecule has 23 heavy (non-hydrogen) atoms. The van der Waals surface area contributed by atoms with Gasteiger partial charge in [-0.05, 0) is 18.2 Å². The van der Waals surface area contributed by atoms with E-state index in [0.29, 0.717) is 5.69 Å². The van der Waals surface area contributed by atoms with E-state index in [1.54, 1.807) is 24.4 Å². The van der Waals surface area contributed by atoms with Gasteiger partial charge in [-0.2, -0.15) is 0 Å². The van der Waals surface area contributed by atoms with E-state index in [0.717, 1.165) is 0 Å². The first-order valence-electron chi connectivity index (χ1n) is 7.03. The Bertz CT molecular complexity index is 679. The van der Waals surface area contributed by atoms with E-state index >= 15 is 0 Å². The molecule has 1 unspecified atom stereocenters. The number of carbonyl (C=O) groups is 2. The maximum atomic E-state index is 13.9. The fourth-order valence-corrected chi connectivity index (χ4v) is 2.12. The van der Waals surface area contributed by atoms with Gasteiger partial charge in [0.1, 0.15) is 5.82 Å². The van der Waals surface area contributed by atoms with Crippen LogP contribution < -0.4 is 16.4 Å². The van der Waals surface area contributed by atoms with Crippen molar-refractivity contribution in [2.45, 2.75) is 19.0 Å².